The normalized spacial score (nSPS) is 17.4. The number of hydrogen-bond acceptors (Lipinski definition) is 4. The van der Waals surface area contributed by atoms with Crippen LogP contribution in [0.4, 0.5) is 0 Å². The van der Waals surface area contributed by atoms with Crippen molar-refractivity contribution in [3.63, 3.8) is 0 Å². The van der Waals surface area contributed by atoms with Gasteiger partial charge in [-0.2, -0.15) is 4.31 Å². The second-order valence-electron chi connectivity index (χ2n) is 7.28. The molecule has 7 heteroatoms. The highest BCUT2D eigenvalue weighted by molar-refractivity contribution is 7.89. The van der Waals surface area contributed by atoms with Gasteiger partial charge in [-0.15, -0.1) is 0 Å². The molecule has 1 aliphatic rings. The van der Waals surface area contributed by atoms with Gasteiger partial charge in [0.2, 0.25) is 15.9 Å². The van der Waals surface area contributed by atoms with E-state index in [1.165, 1.54) is 4.31 Å². The van der Waals surface area contributed by atoms with Gasteiger partial charge in [-0.05, 0) is 39.3 Å². The van der Waals surface area contributed by atoms with Gasteiger partial charge < -0.3 is 5.32 Å². The molecule has 25 heavy (non-hydrogen) atoms. The number of aryl methyl sites for hydroxylation is 1. The van der Waals surface area contributed by atoms with E-state index in [4.69, 9.17) is 0 Å². The summed E-state index contributed by atoms with van der Waals surface area (Å²) in [4.78, 5) is 14.5. The van der Waals surface area contributed by atoms with Crippen LogP contribution in [0.5, 0.6) is 0 Å². The minimum atomic E-state index is -3.46. The van der Waals surface area contributed by atoms with Crippen molar-refractivity contribution in [1.82, 2.24) is 14.5 Å². The molecule has 0 spiro atoms. The van der Waals surface area contributed by atoms with Crippen LogP contribution < -0.4 is 5.32 Å². The number of rotatable bonds is 6. The predicted octanol–water partition coefficient (Wildman–Crippen LogP) is 1.61. The molecule has 1 aliphatic heterocycles. The summed E-state index contributed by atoms with van der Waals surface area (Å²) in [5.74, 6) is -0.0123. The first kappa shape index (κ1) is 19.9. The van der Waals surface area contributed by atoms with Crippen molar-refractivity contribution in [1.29, 1.82) is 0 Å². The largest absolute Gasteiger partial charge is 0.350 e. The molecule has 0 atom stereocenters. The molecule has 140 valence electrons. The maximum Gasteiger partial charge on any atom is 0.243 e. The molecule has 0 radical (unpaired) electrons. The number of sulfonamides is 1. The van der Waals surface area contributed by atoms with Crippen molar-refractivity contribution in [3.8, 4) is 0 Å². The topological polar surface area (TPSA) is 69.7 Å². The summed E-state index contributed by atoms with van der Waals surface area (Å²) in [5, 5.41) is 3.01. The van der Waals surface area contributed by atoms with Gasteiger partial charge in [-0.25, -0.2) is 8.42 Å². The zero-order valence-corrected chi connectivity index (χ0v) is 16.4. The third-order valence-corrected chi connectivity index (χ3v) is 6.63. The monoisotopic (exact) mass is 367 g/mol. The van der Waals surface area contributed by atoms with Crippen molar-refractivity contribution in [2.24, 2.45) is 0 Å². The molecular weight excluding hydrogens is 338 g/mol. The fraction of sp³-hybridized carbons (Fsp3) is 0.611. The van der Waals surface area contributed by atoms with Crippen LogP contribution in [0.15, 0.2) is 29.2 Å². The summed E-state index contributed by atoms with van der Waals surface area (Å²) in [7, 11) is -3.46. The van der Waals surface area contributed by atoms with E-state index in [1.807, 2.05) is 44.7 Å². The third-order valence-electron chi connectivity index (χ3n) is 4.72. The summed E-state index contributed by atoms with van der Waals surface area (Å²) < 4.78 is 26.9. The third kappa shape index (κ3) is 5.26. The number of nitrogens with one attached hydrogen (secondary N) is 1. The molecule has 1 aromatic rings. The smallest absolute Gasteiger partial charge is 0.243 e. The first-order valence-electron chi connectivity index (χ1n) is 8.74. The van der Waals surface area contributed by atoms with Crippen LogP contribution in [-0.4, -0.2) is 61.8 Å². The summed E-state index contributed by atoms with van der Waals surface area (Å²) in [6, 6.07) is 6.92. The summed E-state index contributed by atoms with van der Waals surface area (Å²) in [5.41, 5.74) is 0.818. The molecule has 0 aromatic heterocycles. The van der Waals surface area contributed by atoms with Crippen molar-refractivity contribution >= 4 is 15.9 Å². The maximum atomic E-state index is 12.7. The quantitative estimate of drug-likeness (QED) is 0.829. The molecule has 2 rings (SSSR count). The standard InChI is InChI=1S/C18H29N3O3S/c1-5-18(3,4)19-17(22)14-20-10-12-21(13-11-20)25(23,24)16-8-6-15(2)7-9-16/h6-9H,5,10-14H2,1-4H3,(H,19,22). The zero-order chi connectivity index (χ0) is 18.7. The molecule has 1 saturated heterocycles. The van der Waals surface area contributed by atoms with E-state index in [2.05, 4.69) is 5.32 Å². The number of carbonyl (C=O) groups is 1. The Kier molecular flexibility index (Phi) is 6.24. The molecule has 6 nitrogen and oxygen atoms in total. The van der Waals surface area contributed by atoms with Gasteiger partial charge >= 0.3 is 0 Å². The van der Waals surface area contributed by atoms with Gasteiger partial charge in [0.25, 0.3) is 0 Å². The number of piperazine rings is 1. The number of amides is 1. The Hall–Kier alpha value is -1.44. The van der Waals surface area contributed by atoms with Crippen molar-refractivity contribution in [3.05, 3.63) is 29.8 Å². The number of nitrogens with zero attached hydrogens (tertiary/aromatic N) is 2. The highest BCUT2D eigenvalue weighted by atomic mass is 32.2. The predicted molar refractivity (Wildman–Crippen MR) is 98.9 cm³/mol. The number of carbonyl (C=O) groups excluding carboxylic acids is 1. The summed E-state index contributed by atoms with van der Waals surface area (Å²) in [6.45, 7) is 10.2. The van der Waals surface area contributed by atoms with Gasteiger partial charge in [0.15, 0.2) is 0 Å². The van der Waals surface area contributed by atoms with E-state index in [0.717, 1.165) is 12.0 Å². The van der Waals surface area contributed by atoms with Gasteiger partial charge in [-0.3, -0.25) is 9.69 Å². The molecule has 0 unspecified atom stereocenters. The van der Waals surface area contributed by atoms with Crippen molar-refractivity contribution < 1.29 is 13.2 Å². The van der Waals surface area contributed by atoms with Crippen LogP contribution in [0.1, 0.15) is 32.8 Å². The number of benzene rings is 1. The summed E-state index contributed by atoms with van der Waals surface area (Å²) >= 11 is 0. The van der Waals surface area contributed by atoms with Crippen LogP contribution in [0.25, 0.3) is 0 Å². The second-order valence-corrected chi connectivity index (χ2v) is 9.22. The van der Waals surface area contributed by atoms with Crippen LogP contribution >= 0.6 is 0 Å². The summed E-state index contributed by atoms with van der Waals surface area (Å²) in [6.07, 6.45) is 0.862. The Morgan fingerprint density at radius 2 is 1.68 bits per heavy atom. The average molecular weight is 368 g/mol. The van der Waals surface area contributed by atoms with E-state index in [0.29, 0.717) is 37.6 Å². The molecule has 0 bridgehead atoms. The van der Waals surface area contributed by atoms with Crippen LogP contribution in [0.3, 0.4) is 0 Å². The lowest BCUT2D eigenvalue weighted by molar-refractivity contribution is -0.124. The van der Waals surface area contributed by atoms with Crippen LogP contribution in [-0.2, 0) is 14.8 Å². The van der Waals surface area contributed by atoms with Crippen molar-refractivity contribution in [2.75, 3.05) is 32.7 Å². The first-order chi connectivity index (χ1) is 11.6. The van der Waals surface area contributed by atoms with E-state index in [1.54, 1.807) is 12.1 Å². The van der Waals surface area contributed by atoms with Crippen molar-refractivity contribution in [2.45, 2.75) is 44.6 Å². The Labute approximate surface area is 151 Å². The van der Waals surface area contributed by atoms with E-state index in [-0.39, 0.29) is 11.4 Å². The van der Waals surface area contributed by atoms with Gasteiger partial charge in [-0.1, -0.05) is 24.6 Å². The fourth-order valence-electron chi connectivity index (χ4n) is 2.70. The fourth-order valence-corrected chi connectivity index (χ4v) is 4.12. The highest BCUT2D eigenvalue weighted by Crippen LogP contribution is 2.18. The molecule has 0 aliphatic carbocycles. The Balaban J connectivity index is 1.91. The van der Waals surface area contributed by atoms with Gasteiger partial charge in [0.1, 0.15) is 0 Å². The van der Waals surface area contributed by atoms with Crippen LogP contribution in [0, 0.1) is 6.92 Å². The molecule has 1 amide bonds. The SMILES string of the molecule is CCC(C)(C)NC(=O)CN1CCN(S(=O)(=O)c2ccc(C)cc2)CC1. The lowest BCUT2D eigenvalue weighted by atomic mass is 10.0. The van der Waals surface area contributed by atoms with Crippen LogP contribution in [0.2, 0.25) is 0 Å². The number of hydrogen-bond donors (Lipinski definition) is 1. The Bertz CT molecular complexity index is 691. The molecule has 1 fully saturated rings. The highest BCUT2D eigenvalue weighted by Gasteiger charge is 2.29. The molecule has 1 N–H and O–H groups in total. The first-order valence-corrected chi connectivity index (χ1v) is 10.2. The molecule has 0 saturated carbocycles. The van der Waals surface area contributed by atoms with Gasteiger partial charge in [0.05, 0.1) is 11.4 Å². The van der Waals surface area contributed by atoms with E-state index >= 15 is 0 Å². The minimum Gasteiger partial charge on any atom is -0.350 e. The second kappa shape index (κ2) is 7.85. The zero-order valence-electron chi connectivity index (χ0n) is 15.6. The molecule has 1 aromatic carbocycles. The Morgan fingerprint density at radius 1 is 1.12 bits per heavy atom. The maximum absolute atomic E-state index is 12.7. The average Bonchev–Trinajstić information content (AvgIpc) is 2.55. The molecule has 1 heterocycles. The Morgan fingerprint density at radius 3 is 2.20 bits per heavy atom. The van der Waals surface area contributed by atoms with E-state index < -0.39 is 10.0 Å². The minimum absolute atomic E-state index is 0.0123. The van der Waals surface area contributed by atoms with Gasteiger partial charge in [0, 0.05) is 31.7 Å². The lowest BCUT2D eigenvalue weighted by Gasteiger charge is -2.34. The molecular formula is C18H29N3O3S. The van der Waals surface area contributed by atoms with E-state index in [9.17, 15) is 13.2 Å². The lowest BCUT2D eigenvalue weighted by Crippen LogP contribution is -2.53.